The Bertz CT molecular complexity index is 445. The van der Waals surface area contributed by atoms with Gasteiger partial charge in [0.25, 0.3) is 0 Å². The van der Waals surface area contributed by atoms with Crippen LogP contribution in [0.25, 0.3) is 0 Å². The monoisotopic (exact) mass is 240 g/mol. The molecule has 0 unspecified atom stereocenters. The topological polar surface area (TPSA) is 9.23 Å². The molecule has 0 aliphatic heterocycles. The van der Waals surface area contributed by atoms with Crippen molar-refractivity contribution in [3.63, 3.8) is 0 Å². The molecule has 0 aliphatic carbocycles. The first-order chi connectivity index (χ1) is 8.88. The fourth-order valence-electron chi connectivity index (χ4n) is 1.90. The first-order valence-electron chi connectivity index (χ1n) is 6.58. The van der Waals surface area contributed by atoms with Gasteiger partial charge in [0.15, 0.2) is 0 Å². The van der Waals surface area contributed by atoms with Crippen molar-refractivity contribution in [3.8, 4) is 0 Å². The Kier molecular flexibility index (Phi) is 4.98. The molecule has 0 radical (unpaired) electrons. The van der Waals surface area contributed by atoms with Gasteiger partial charge in [-0.15, -0.1) is 0 Å². The van der Waals surface area contributed by atoms with E-state index in [1.807, 2.05) is 18.2 Å². The van der Waals surface area contributed by atoms with Crippen LogP contribution in [-0.4, -0.2) is 6.61 Å². The minimum Gasteiger partial charge on any atom is -0.376 e. The van der Waals surface area contributed by atoms with E-state index in [4.69, 9.17) is 4.74 Å². The molecular weight excluding hydrogens is 220 g/mol. The molecule has 0 spiro atoms. The number of rotatable bonds is 6. The first-order valence-corrected chi connectivity index (χ1v) is 6.58. The summed E-state index contributed by atoms with van der Waals surface area (Å²) in [6.45, 7) is 3.66. The average Bonchev–Trinajstić information content (AvgIpc) is 2.45. The van der Waals surface area contributed by atoms with Crippen molar-refractivity contribution in [2.75, 3.05) is 6.61 Å². The maximum Gasteiger partial charge on any atom is 0.0717 e. The summed E-state index contributed by atoms with van der Waals surface area (Å²) in [6.07, 6.45) is 2.08. The second kappa shape index (κ2) is 6.97. The van der Waals surface area contributed by atoms with E-state index in [2.05, 4.69) is 43.3 Å². The molecule has 2 aromatic carbocycles. The van der Waals surface area contributed by atoms with Crippen LogP contribution in [0.4, 0.5) is 0 Å². The van der Waals surface area contributed by atoms with Gasteiger partial charge in [0.05, 0.1) is 13.2 Å². The minimum absolute atomic E-state index is 0.702. The molecule has 0 fully saturated rings. The quantitative estimate of drug-likeness (QED) is 0.693. The molecule has 0 N–H and O–H groups in total. The zero-order chi connectivity index (χ0) is 12.6. The van der Waals surface area contributed by atoms with Crippen LogP contribution >= 0.6 is 0 Å². The summed E-state index contributed by atoms with van der Waals surface area (Å²) in [5, 5.41) is 0. The second-order valence-electron chi connectivity index (χ2n) is 4.46. The number of benzene rings is 2. The highest BCUT2D eigenvalue weighted by atomic mass is 16.5. The maximum atomic E-state index is 5.68. The summed E-state index contributed by atoms with van der Waals surface area (Å²) < 4.78 is 5.68. The molecule has 94 valence electrons. The molecule has 0 heterocycles. The molecule has 0 saturated heterocycles. The molecule has 18 heavy (non-hydrogen) atoms. The zero-order valence-electron chi connectivity index (χ0n) is 10.9. The van der Waals surface area contributed by atoms with Gasteiger partial charge in [0.2, 0.25) is 0 Å². The molecular formula is C17H20O. The Morgan fingerprint density at radius 1 is 0.778 bits per heavy atom. The Balaban J connectivity index is 1.72. The normalized spacial score (nSPS) is 10.5. The summed E-state index contributed by atoms with van der Waals surface area (Å²) in [5.41, 5.74) is 3.98. The predicted octanol–water partition coefficient (Wildman–Crippen LogP) is 4.01. The average molecular weight is 240 g/mol. The molecule has 0 amide bonds. The number of ether oxygens (including phenoxy) is 1. The van der Waals surface area contributed by atoms with Gasteiger partial charge < -0.3 is 4.74 Å². The Hall–Kier alpha value is -1.60. The van der Waals surface area contributed by atoms with Gasteiger partial charge in [0, 0.05) is 0 Å². The van der Waals surface area contributed by atoms with Crippen LogP contribution in [0.5, 0.6) is 0 Å². The van der Waals surface area contributed by atoms with E-state index in [0.29, 0.717) is 6.61 Å². The number of hydrogen-bond donors (Lipinski definition) is 0. The SMILES string of the molecule is CCc1ccc(CCOCc2ccccc2)cc1. The van der Waals surface area contributed by atoms with Crippen LogP contribution in [0.1, 0.15) is 23.6 Å². The smallest absolute Gasteiger partial charge is 0.0717 e. The van der Waals surface area contributed by atoms with Gasteiger partial charge >= 0.3 is 0 Å². The predicted molar refractivity (Wildman–Crippen MR) is 75.6 cm³/mol. The van der Waals surface area contributed by atoms with E-state index in [9.17, 15) is 0 Å². The fourth-order valence-corrected chi connectivity index (χ4v) is 1.90. The van der Waals surface area contributed by atoms with Crippen LogP contribution in [0.3, 0.4) is 0 Å². The van der Waals surface area contributed by atoms with Gasteiger partial charge in [-0.3, -0.25) is 0 Å². The van der Waals surface area contributed by atoms with Crippen LogP contribution in [0.15, 0.2) is 54.6 Å². The third-order valence-electron chi connectivity index (χ3n) is 3.08. The summed E-state index contributed by atoms with van der Waals surface area (Å²) in [6, 6.07) is 19.1. The van der Waals surface area contributed by atoms with Crippen molar-refractivity contribution >= 4 is 0 Å². The van der Waals surface area contributed by atoms with E-state index in [1.165, 1.54) is 16.7 Å². The Morgan fingerprint density at radius 3 is 2.11 bits per heavy atom. The largest absolute Gasteiger partial charge is 0.376 e. The van der Waals surface area contributed by atoms with Gasteiger partial charge in [-0.2, -0.15) is 0 Å². The standard InChI is InChI=1S/C17H20O/c1-2-15-8-10-16(11-9-15)12-13-18-14-17-6-4-3-5-7-17/h3-11H,2,12-14H2,1H3. The van der Waals surface area contributed by atoms with Gasteiger partial charge in [0.1, 0.15) is 0 Å². The van der Waals surface area contributed by atoms with Gasteiger partial charge in [-0.25, -0.2) is 0 Å². The third-order valence-corrected chi connectivity index (χ3v) is 3.08. The molecule has 0 atom stereocenters. The first kappa shape index (κ1) is 12.8. The minimum atomic E-state index is 0.702. The summed E-state index contributed by atoms with van der Waals surface area (Å²) in [5.74, 6) is 0. The highest BCUT2D eigenvalue weighted by Crippen LogP contribution is 2.07. The third kappa shape index (κ3) is 4.01. The summed E-state index contributed by atoms with van der Waals surface area (Å²) >= 11 is 0. The van der Waals surface area contributed by atoms with Crippen molar-refractivity contribution in [1.82, 2.24) is 0 Å². The van der Waals surface area contributed by atoms with Crippen molar-refractivity contribution in [2.24, 2.45) is 0 Å². The summed E-state index contributed by atoms with van der Waals surface area (Å²) in [4.78, 5) is 0. The highest BCUT2D eigenvalue weighted by Gasteiger charge is 1.95. The van der Waals surface area contributed by atoms with Crippen molar-refractivity contribution in [1.29, 1.82) is 0 Å². The summed E-state index contributed by atoms with van der Waals surface area (Å²) in [7, 11) is 0. The molecule has 1 nitrogen and oxygen atoms in total. The van der Waals surface area contributed by atoms with Crippen molar-refractivity contribution in [3.05, 3.63) is 71.3 Å². The number of aryl methyl sites for hydroxylation is 1. The molecule has 0 saturated carbocycles. The van der Waals surface area contributed by atoms with Gasteiger partial charge in [-0.1, -0.05) is 61.5 Å². The van der Waals surface area contributed by atoms with Crippen LogP contribution in [0, 0.1) is 0 Å². The second-order valence-corrected chi connectivity index (χ2v) is 4.46. The van der Waals surface area contributed by atoms with Crippen LogP contribution in [-0.2, 0) is 24.2 Å². The zero-order valence-corrected chi connectivity index (χ0v) is 10.9. The fraction of sp³-hybridized carbons (Fsp3) is 0.294. The Morgan fingerprint density at radius 2 is 1.44 bits per heavy atom. The van der Waals surface area contributed by atoms with Crippen molar-refractivity contribution < 1.29 is 4.74 Å². The molecule has 0 bridgehead atoms. The van der Waals surface area contributed by atoms with E-state index in [1.54, 1.807) is 0 Å². The lowest BCUT2D eigenvalue weighted by molar-refractivity contribution is 0.124. The molecule has 2 aromatic rings. The van der Waals surface area contributed by atoms with E-state index >= 15 is 0 Å². The van der Waals surface area contributed by atoms with Crippen LogP contribution in [0.2, 0.25) is 0 Å². The van der Waals surface area contributed by atoms with E-state index in [0.717, 1.165) is 19.4 Å². The van der Waals surface area contributed by atoms with E-state index in [-0.39, 0.29) is 0 Å². The molecule has 0 aromatic heterocycles. The molecule has 2 rings (SSSR count). The molecule has 0 aliphatic rings. The van der Waals surface area contributed by atoms with Crippen LogP contribution < -0.4 is 0 Å². The lowest BCUT2D eigenvalue weighted by Gasteiger charge is -2.05. The number of hydrogen-bond acceptors (Lipinski definition) is 1. The maximum absolute atomic E-state index is 5.68. The lowest BCUT2D eigenvalue weighted by Crippen LogP contribution is -1.99. The molecule has 1 heteroatoms. The van der Waals surface area contributed by atoms with E-state index < -0.39 is 0 Å². The Labute approximate surface area is 109 Å². The highest BCUT2D eigenvalue weighted by molar-refractivity contribution is 5.22. The van der Waals surface area contributed by atoms with Crippen molar-refractivity contribution in [2.45, 2.75) is 26.4 Å². The lowest BCUT2D eigenvalue weighted by atomic mass is 10.1. The van der Waals surface area contributed by atoms with Gasteiger partial charge in [-0.05, 0) is 29.5 Å².